The molecule has 2 N–H and O–H groups in total. The van der Waals surface area contributed by atoms with Crippen molar-refractivity contribution < 1.29 is 19.8 Å². The van der Waals surface area contributed by atoms with Gasteiger partial charge in [0.2, 0.25) is 0 Å². The van der Waals surface area contributed by atoms with Crippen LogP contribution >= 0.6 is 0 Å². The molecule has 4 heteroatoms. The van der Waals surface area contributed by atoms with E-state index in [1.165, 1.54) is 12.1 Å². The lowest BCUT2D eigenvalue weighted by molar-refractivity contribution is -0.153. The number of aliphatic carboxylic acids is 1. The number of rotatable bonds is 3. The summed E-state index contributed by atoms with van der Waals surface area (Å²) in [4.78, 5) is 21.0. The van der Waals surface area contributed by atoms with Gasteiger partial charge in [-0.2, -0.15) is 0 Å². The highest BCUT2D eigenvalue weighted by Gasteiger charge is 2.23. The zero-order chi connectivity index (χ0) is 9.84. The number of aliphatic hydroxyl groups excluding tert-OH is 1. The third kappa shape index (κ3) is 2.13. The summed E-state index contributed by atoms with van der Waals surface area (Å²) in [5.74, 6) is -2.84. The Morgan fingerprint density at radius 2 is 1.69 bits per heavy atom. The van der Waals surface area contributed by atoms with Crippen molar-refractivity contribution in [3.8, 4) is 0 Å². The molecule has 0 aromatic heterocycles. The van der Waals surface area contributed by atoms with E-state index in [4.69, 9.17) is 5.11 Å². The predicted molar refractivity (Wildman–Crippen MR) is 44.0 cm³/mol. The molecule has 0 heterocycles. The van der Waals surface area contributed by atoms with Crippen LogP contribution in [0.1, 0.15) is 11.7 Å². The van der Waals surface area contributed by atoms with Crippen LogP contribution in [-0.2, 0) is 9.59 Å². The summed E-state index contributed by atoms with van der Waals surface area (Å²) in [6.07, 6.45) is -1.57. The zero-order valence-electron chi connectivity index (χ0n) is 6.68. The summed E-state index contributed by atoms with van der Waals surface area (Å²) in [6, 6.07) is 7.93. The van der Waals surface area contributed by atoms with E-state index >= 15 is 0 Å². The maximum Gasteiger partial charge on any atom is 0.375 e. The van der Waals surface area contributed by atoms with Gasteiger partial charge in [-0.3, -0.25) is 4.79 Å². The molecule has 4 nitrogen and oxygen atoms in total. The highest BCUT2D eigenvalue weighted by molar-refractivity contribution is 6.34. The first-order valence-electron chi connectivity index (χ1n) is 3.63. The lowest BCUT2D eigenvalue weighted by atomic mass is 10.1. The lowest BCUT2D eigenvalue weighted by Gasteiger charge is -2.05. The molecular weight excluding hydrogens is 172 g/mol. The molecule has 68 valence electrons. The Balaban J connectivity index is 2.86. The van der Waals surface area contributed by atoms with Crippen molar-refractivity contribution in [2.45, 2.75) is 6.10 Å². The number of carbonyl (C=O) groups excluding carboxylic acids is 1. The van der Waals surface area contributed by atoms with Gasteiger partial charge in [-0.15, -0.1) is 0 Å². The van der Waals surface area contributed by atoms with Crippen LogP contribution in [0.2, 0.25) is 0 Å². The summed E-state index contributed by atoms with van der Waals surface area (Å²) >= 11 is 0. The third-order valence-corrected chi connectivity index (χ3v) is 1.57. The molecule has 0 spiro atoms. The number of carboxylic acid groups (broad SMARTS) is 1. The molecule has 0 fully saturated rings. The van der Waals surface area contributed by atoms with E-state index in [-0.39, 0.29) is 5.56 Å². The van der Waals surface area contributed by atoms with Crippen LogP contribution in [0.4, 0.5) is 0 Å². The highest BCUT2D eigenvalue weighted by atomic mass is 16.4. The van der Waals surface area contributed by atoms with Crippen molar-refractivity contribution in [1.82, 2.24) is 0 Å². The molecule has 1 rings (SSSR count). The van der Waals surface area contributed by atoms with Crippen molar-refractivity contribution in [3.05, 3.63) is 35.9 Å². The molecule has 0 amide bonds. The molecule has 0 saturated carbocycles. The van der Waals surface area contributed by atoms with Crippen molar-refractivity contribution >= 4 is 11.8 Å². The SMILES string of the molecule is O=C(O)C(=O)C(O)c1ccccc1. The lowest BCUT2D eigenvalue weighted by Crippen LogP contribution is -2.21. The maximum absolute atomic E-state index is 10.8. The van der Waals surface area contributed by atoms with Gasteiger partial charge in [0.15, 0.2) is 0 Å². The minimum Gasteiger partial charge on any atom is -0.475 e. The van der Waals surface area contributed by atoms with Gasteiger partial charge in [0, 0.05) is 0 Å². The van der Waals surface area contributed by atoms with Crippen molar-refractivity contribution in [2.24, 2.45) is 0 Å². The Hall–Kier alpha value is -1.68. The van der Waals surface area contributed by atoms with E-state index in [9.17, 15) is 14.7 Å². The Morgan fingerprint density at radius 1 is 1.15 bits per heavy atom. The first kappa shape index (κ1) is 9.41. The van der Waals surface area contributed by atoms with E-state index in [1.807, 2.05) is 0 Å². The summed E-state index contributed by atoms with van der Waals surface area (Å²) in [5, 5.41) is 17.5. The molecule has 1 unspecified atom stereocenters. The Labute approximate surface area is 74.4 Å². The molecule has 0 radical (unpaired) electrons. The van der Waals surface area contributed by atoms with Crippen molar-refractivity contribution in [3.63, 3.8) is 0 Å². The van der Waals surface area contributed by atoms with Crippen LogP contribution in [0.3, 0.4) is 0 Å². The maximum atomic E-state index is 10.8. The minimum absolute atomic E-state index is 0.287. The van der Waals surface area contributed by atoms with E-state index in [0.717, 1.165) is 0 Å². The van der Waals surface area contributed by atoms with Gasteiger partial charge in [-0.25, -0.2) is 4.79 Å². The molecular formula is C9H8O4. The van der Waals surface area contributed by atoms with Gasteiger partial charge in [-0.1, -0.05) is 30.3 Å². The molecule has 1 atom stereocenters. The third-order valence-electron chi connectivity index (χ3n) is 1.57. The molecule has 0 aliphatic rings. The molecule has 1 aromatic rings. The van der Waals surface area contributed by atoms with Gasteiger partial charge >= 0.3 is 5.97 Å². The van der Waals surface area contributed by atoms with E-state index in [2.05, 4.69) is 0 Å². The summed E-state index contributed by atoms with van der Waals surface area (Å²) < 4.78 is 0. The fourth-order valence-corrected chi connectivity index (χ4v) is 0.904. The second kappa shape index (κ2) is 3.82. The van der Waals surface area contributed by atoms with Gasteiger partial charge in [0.25, 0.3) is 5.78 Å². The second-order valence-corrected chi connectivity index (χ2v) is 2.48. The summed E-state index contributed by atoms with van der Waals surface area (Å²) in [7, 11) is 0. The molecule has 0 saturated heterocycles. The minimum atomic E-state index is -1.63. The van der Waals surface area contributed by atoms with Crippen LogP contribution in [0.5, 0.6) is 0 Å². The Kier molecular flexibility index (Phi) is 2.76. The van der Waals surface area contributed by atoms with Gasteiger partial charge < -0.3 is 10.2 Å². The molecule has 1 aromatic carbocycles. The number of hydrogen-bond acceptors (Lipinski definition) is 3. The number of aliphatic hydroxyl groups is 1. The first-order valence-corrected chi connectivity index (χ1v) is 3.63. The van der Waals surface area contributed by atoms with E-state index in [0.29, 0.717) is 0 Å². The second-order valence-electron chi connectivity index (χ2n) is 2.48. The monoisotopic (exact) mass is 180 g/mol. The van der Waals surface area contributed by atoms with Crippen LogP contribution in [0, 0.1) is 0 Å². The summed E-state index contributed by atoms with van der Waals surface area (Å²) in [5.41, 5.74) is 0.287. The number of ketones is 1. The van der Waals surface area contributed by atoms with Crippen molar-refractivity contribution in [1.29, 1.82) is 0 Å². The zero-order valence-corrected chi connectivity index (χ0v) is 6.68. The number of carboxylic acids is 1. The molecule has 0 bridgehead atoms. The molecule has 0 aliphatic carbocycles. The van der Waals surface area contributed by atoms with Crippen LogP contribution in [0.15, 0.2) is 30.3 Å². The topological polar surface area (TPSA) is 74.6 Å². The smallest absolute Gasteiger partial charge is 0.375 e. The fourth-order valence-electron chi connectivity index (χ4n) is 0.904. The Bertz CT molecular complexity index is 318. The van der Waals surface area contributed by atoms with Crippen LogP contribution in [0.25, 0.3) is 0 Å². The first-order chi connectivity index (χ1) is 6.13. The molecule has 13 heavy (non-hydrogen) atoms. The van der Waals surface area contributed by atoms with Gasteiger partial charge in [-0.05, 0) is 5.56 Å². The summed E-state index contributed by atoms with van der Waals surface area (Å²) in [6.45, 7) is 0. The van der Waals surface area contributed by atoms with E-state index < -0.39 is 17.9 Å². The predicted octanol–water partition coefficient (Wildman–Crippen LogP) is 0.374. The van der Waals surface area contributed by atoms with Crippen molar-refractivity contribution in [2.75, 3.05) is 0 Å². The fraction of sp³-hybridized carbons (Fsp3) is 0.111. The number of carbonyl (C=O) groups is 2. The van der Waals surface area contributed by atoms with Crippen LogP contribution < -0.4 is 0 Å². The number of Topliss-reactive ketones (excluding diaryl/α,β-unsaturated/α-hetero) is 1. The number of benzene rings is 1. The van der Waals surface area contributed by atoms with E-state index in [1.54, 1.807) is 18.2 Å². The quantitative estimate of drug-likeness (QED) is 0.659. The Morgan fingerprint density at radius 3 is 2.15 bits per heavy atom. The highest BCUT2D eigenvalue weighted by Crippen LogP contribution is 2.12. The standard InChI is InChI=1S/C9H8O4/c10-7(8(11)9(12)13)6-4-2-1-3-5-6/h1-5,7,10H,(H,12,13). The van der Waals surface area contributed by atoms with Crippen LogP contribution in [-0.4, -0.2) is 22.0 Å². The normalized spacial score (nSPS) is 12.1. The van der Waals surface area contributed by atoms with Gasteiger partial charge in [0.1, 0.15) is 6.10 Å². The molecule has 0 aliphatic heterocycles. The average molecular weight is 180 g/mol. The average Bonchev–Trinajstić information content (AvgIpc) is 2.17. The number of hydrogen-bond donors (Lipinski definition) is 2. The largest absolute Gasteiger partial charge is 0.475 e. The van der Waals surface area contributed by atoms with Gasteiger partial charge in [0.05, 0.1) is 0 Å².